The van der Waals surface area contributed by atoms with E-state index in [-0.39, 0.29) is 34.3 Å². The first kappa shape index (κ1) is 18.6. The van der Waals surface area contributed by atoms with Crippen LogP contribution in [0.1, 0.15) is 63.1 Å². The number of aliphatic hydroxyl groups excluding tert-OH is 1. The van der Waals surface area contributed by atoms with Gasteiger partial charge in [0, 0.05) is 17.9 Å². The molecule has 27 heavy (non-hydrogen) atoms. The van der Waals surface area contributed by atoms with Gasteiger partial charge >= 0.3 is 0 Å². The lowest BCUT2D eigenvalue weighted by Gasteiger charge is -2.22. The molecule has 8 heteroatoms. The number of nitrogens with zero attached hydrogens (tertiary/aromatic N) is 2. The molecule has 2 saturated carbocycles. The monoisotopic (exact) mass is 391 g/mol. The summed E-state index contributed by atoms with van der Waals surface area (Å²) in [6.45, 7) is 4.01. The highest BCUT2D eigenvalue weighted by atomic mass is 32.2. The number of hydrogen-bond acceptors (Lipinski definition) is 6. The lowest BCUT2D eigenvalue weighted by atomic mass is 9.87. The van der Waals surface area contributed by atoms with Gasteiger partial charge in [-0.3, -0.25) is 0 Å². The highest BCUT2D eigenvalue weighted by Crippen LogP contribution is 2.58. The average Bonchev–Trinajstić information content (AvgIpc) is 2.99. The van der Waals surface area contributed by atoms with Crippen LogP contribution in [-0.4, -0.2) is 35.8 Å². The Hall–Kier alpha value is -1.77. The van der Waals surface area contributed by atoms with Crippen LogP contribution < -0.4 is 4.72 Å². The maximum atomic E-state index is 12.6. The quantitative estimate of drug-likeness (QED) is 0.811. The summed E-state index contributed by atoms with van der Waals surface area (Å²) in [5.41, 5.74) is -0.286. The minimum Gasteiger partial charge on any atom is -0.393 e. The van der Waals surface area contributed by atoms with Crippen LogP contribution in [0, 0.1) is 5.41 Å². The molecule has 1 heterocycles. The molecule has 7 nitrogen and oxygen atoms in total. The van der Waals surface area contributed by atoms with Crippen molar-refractivity contribution >= 4 is 10.0 Å². The Kier molecular flexibility index (Phi) is 4.60. The molecule has 4 rings (SSSR count). The van der Waals surface area contributed by atoms with Gasteiger partial charge in [0.2, 0.25) is 15.9 Å². The van der Waals surface area contributed by atoms with Gasteiger partial charge in [-0.2, -0.15) is 4.98 Å². The molecule has 0 spiro atoms. The number of sulfonamides is 1. The number of aliphatic hydroxyl groups is 1. The van der Waals surface area contributed by atoms with Crippen molar-refractivity contribution in [3.05, 3.63) is 42.0 Å². The lowest BCUT2D eigenvalue weighted by molar-refractivity contribution is 0.116. The van der Waals surface area contributed by atoms with Crippen molar-refractivity contribution in [1.29, 1.82) is 0 Å². The highest BCUT2D eigenvalue weighted by molar-refractivity contribution is 7.89. The summed E-state index contributed by atoms with van der Waals surface area (Å²) < 4.78 is 33.5. The van der Waals surface area contributed by atoms with E-state index in [2.05, 4.69) is 14.9 Å². The fraction of sp³-hybridized carbons (Fsp3) is 0.579. The third-order valence-electron chi connectivity index (χ3n) is 5.94. The van der Waals surface area contributed by atoms with Gasteiger partial charge in [0.05, 0.1) is 11.0 Å². The normalized spacial score (nSPS) is 30.2. The van der Waals surface area contributed by atoms with Crippen LogP contribution in [-0.2, 0) is 10.0 Å². The van der Waals surface area contributed by atoms with Gasteiger partial charge in [-0.1, -0.05) is 37.2 Å². The number of aromatic nitrogens is 2. The van der Waals surface area contributed by atoms with E-state index in [0.717, 1.165) is 25.7 Å². The van der Waals surface area contributed by atoms with Gasteiger partial charge in [0.1, 0.15) is 0 Å². The van der Waals surface area contributed by atoms with Crippen molar-refractivity contribution < 1.29 is 18.0 Å². The molecule has 0 saturated heterocycles. The summed E-state index contributed by atoms with van der Waals surface area (Å²) in [6.07, 6.45) is 2.93. The highest BCUT2D eigenvalue weighted by Gasteiger charge is 2.62. The maximum absolute atomic E-state index is 12.6. The second kappa shape index (κ2) is 6.68. The zero-order chi connectivity index (χ0) is 19.2. The summed E-state index contributed by atoms with van der Waals surface area (Å²) in [6, 6.07) is 8.08. The van der Waals surface area contributed by atoms with Crippen LogP contribution in [0.2, 0.25) is 0 Å². The third kappa shape index (κ3) is 3.53. The molecule has 2 N–H and O–H groups in total. The SMILES string of the molecule is CC1(C)[C@H](c2noc(C3CCC(O)CC3)n2)[C@@H]1NS(=O)(=O)c1ccccc1. The van der Waals surface area contributed by atoms with E-state index in [1.165, 1.54) is 0 Å². The molecule has 0 unspecified atom stereocenters. The first-order valence-electron chi connectivity index (χ1n) is 9.38. The Morgan fingerprint density at radius 2 is 1.81 bits per heavy atom. The van der Waals surface area contributed by atoms with Crippen LogP contribution in [0.5, 0.6) is 0 Å². The van der Waals surface area contributed by atoms with Gasteiger partial charge < -0.3 is 9.63 Å². The molecule has 0 bridgehead atoms. The molecule has 0 radical (unpaired) electrons. The summed E-state index contributed by atoms with van der Waals surface area (Å²) in [7, 11) is -3.59. The van der Waals surface area contributed by atoms with Crippen molar-refractivity contribution in [3.8, 4) is 0 Å². The van der Waals surface area contributed by atoms with E-state index in [9.17, 15) is 13.5 Å². The molecular formula is C19H25N3O4S. The molecule has 2 atom stereocenters. The van der Waals surface area contributed by atoms with Gasteiger partial charge in [0.25, 0.3) is 0 Å². The molecule has 146 valence electrons. The van der Waals surface area contributed by atoms with E-state index >= 15 is 0 Å². The fourth-order valence-corrected chi connectivity index (χ4v) is 5.46. The van der Waals surface area contributed by atoms with Crippen molar-refractivity contribution in [3.63, 3.8) is 0 Å². The second-order valence-corrected chi connectivity index (χ2v) is 9.92. The number of benzene rings is 1. The largest absolute Gasteiger partial charge is 0.393 e. The molecule has 0 amide bonds. The second-order valence-electron chi connectivity index (χ2n) is 8.21. The van der Waals surface area contributed by atoms with Crippen molar-refractivity contribution in [2.45, 2.75) is 68.4 Å². The number of rotatable bonds is 5. The zero-order valence-corrected chi connectivity index (χ0v) is 16.3. The molecular weight excluding hydrogens is 366 g/mol. The average molecular weight is 391 g/mol. The minimum atomic E-state index is -3.59. The first-order valence-corrected chi connectivity index (χ1v) is 10.9. The summed E-state index contributed by atoms with van der Waals surface area (Å²) in [5, 5.41) is 13.8. The van der Waals surface area contributed by atoms with E-state index in [4.69, 9.17) is 4.52 Å². The lowest BCUT2D eigenvalue weighted by Crippen LogP contribution is -2.29. The van der Waals surface area contributed by atoms with Crippen molar-refractivity contribution in [2.75, 3.05) is 0 Å². The molecule has 1 aromatic heterocycles. The Balaban J connectivity index is 1.49. The zero-order valence-electron chi connectivity index (χ0n) is 15.5. The summed E-state index contributed by atoms with van der Waals surface area (Å²) in [4.78, 5) is 4.83. The molecule has 2 aromatic rings. The van der Waals surface area contributed by atoms with Crippen LogP contribution >= 0.6 is 0 Å². The van der Waals surface area contributed by atoms with E-state index in [1.54, 1.807) is 30.3 Å². The third-order valence-corrected chi connectivity index (χ3v) is 7.40. The standard InChI is InChI=1S/C19H25N3O4S/c1-19(2)15(16(19)22-27(24,25)14-6-4-3-5-7-14)17-20-18(26-21-17)12-8-10-13(23)11-9-12/h3-7,12-13,15-16,22-23H,8-11H2,1-2H3/t12?,13?,15-,16-/m0/s1. The molecule has 1 aromatic carbocycles. The van der Waals surface area contributed by atoms with Crippen molar-refractivity contribution in [2.24, 2.45) is 5.41 Å². The van der Waals surface area contributed by atoms with Gasteiger partial charge in [-0.05, 0) is 43.2 Å². The van der Waals surface area contributed by atoms with Crippen LogP contribution in [0.3, 0.4) is 0 Å². The van der Waals surface area contributed by atoms with Crippen LogP contribution in [0.15, 0.2) is 39.8 Å². The Bertz CT molecular complexity index is 902. The van der Waals surface area contributed by atoms with Crippen molar-refractivity contribution in [1.82, 2.24) is 14.9 Å². The van der Waals surface area contributed by atoms with Gasteiger partial charge in [-0.25, -0.2) is 13.1 Å². The van der Waals surface area contributed by atoms with Gasteiger partial charge in [-0.15, -0.1) is 0 Å². The van der Waals surface area contributed by atoms with E-state index in [1.807, 2.05) is 13.8 Å². The van der Waals surface area contributed by atoms with E-state index in [0.29, 0.717) is 11.7 Å². The van der Waals surface area contributed by atoms with Crippen LogP contribution in [0.4, 0.5) is 0 Å². The first-order chi connectivity index (χ1) is 12.8. The predicted molar refractivity (Wildman–Crippen MR) is 98.6 cm³/mol. The Morgan fingerprint density at radius 3 is 2.48 bits per heavy atom. The number of nitrogens with one attached hydrogen (secondary N) is 1. The Labute approximate surface area is 159 Å². The molecule has 2 fully saturated rings. The smallest absolute Gasteiger partial charge is 0.240 e. The van der Waals surface area contributed by atoms with E-state index < -0.39 is 10.0 Å². The maximum Gasteiger partial charge on any atom is 0.240 e. The Morgan fingerprint density at radius 1 is 1.15 bits per heavy atom. The number of hydrogen-bond donors (Lipinski definition) is 2. The molecule has 2 aliphatic carbocycles. The predicted octanol–water partition coefficient (Wildman–Crippen LogP) is 2.56. The van der Waals surface area contributed by atoms with Crippen LogP contribution in [0.25, 0.3) is 0 Å². The van der Waals surface area contributed by atoms with Gasteiger partial charge in [0.15, 0.2) is 5.82 Å². The topological polar surface area (TPSA) is 105 Å². The minimum absolute atomic E-state index is 0.123. The molecule has 2 aliphatic rings. The summed E-state index contributed by atoms with van der Waals surface area (Å²) in [5.74, 6) is 1.21. The fourth-order valence-electron chi connectivity index (χ4n) is 4.04. The summed E-state index contributed by atoms with van der Waals surface area (Å²) >= 11 is 0. The molecule has 0 aliphatic heterocycles.